The summed E-state index contributed by atoms with van der Waals surface area (Å²) in [7, 11) is 0. The van der Waals surface area contributed by atoms with Gasteiger partial charge in [-0.2, -0.15) is 0 Å². The molecule has 1 aliphatic rings. The molecule has 0 radical (unpaired) electrons. The monoisotopic (exact) mass is 291 g/mol. The Bertz CT molecular complexity index is 515. The van der Waals surface area contributed by atoms with Gasteiger partial charge in [0.25, 0.3) is 5.91 Å². The lowest BCUT2D eigenvalue weighted by atomic mass is 9.97. The van der Waals surface area contributed by atoms with Crippen LogP contribution in [0.4, 0.5) is 0 Å². The van der Waals surface area contributed by atoms with Gasteiger partial charge >= 0.3 is 5.97 Å². The maximum Gasteiger partial charge on any atom is 0.308 e. The predicted molar refractivity (Wildman–Crippen MR) is 78.5 cm³/mol. The summed E-state index contributed by atoms with van der Waals surface area (Å²) in [6.45, 7) is 3.54. The maximum absolute atomic E-state index is 12.5. The van der Waals surface area contributed by atoms with Gasteiger partial charge in [0.05, 0.1) is 12.5 Å². The molecule has 1 amide bonds. The lowest BCUT2D eigenvalue weighted by Gasteiger charge is -2.30. The number of hydrogen-bond donors (Lipinski definition) is 1. The van der Waals surface area contributed by atoms with Gasteiger partial charge in [-0.05, 0) is 37.5 Å². The lowest BCUT2D eigenvalue weighted by Crippen LogP contribution is -2.42. The van der Waals surface area contributed by atoms with Crippen LogP contribution in [0.15, 0.2) is 24.3 Å². The van der Waals surface area contributed by atoms with Gasteiger partial charge in [-0.25, -0.2) is 0 Å². The first-order chi connectivity index (χ1) is 10.1. The average Bonchev–Trinajstić information content (AvgIpc) is 2.52. The highest BCUT2D eigenvalue weighted by atomic mass is 16.5. The van der Waals surface area contributed by atoms with Crippen molar-refractivity contribution in [2.75, 3.05) is 19.7 Å². The number of likely N-dealkylation sites (tertiary alicyclic amines) is 1. The van der Waals surface area contributed by atoms with E-state index in [0.29, 0.717) is 30.9 Å². The van der Waals surface area contributed by atoms with Crippen LogP contribution in [0.5, 0.6) is 5.75 Å². The molecule has 1 atom stereocenters. The molecule has 1 aromatic rings. The molecule has 0 bridgehead atoms. The summed E-state index contributed by atoms with van der Waals surface area (Å²) in [5.41, 5.74) is 0.551. The molecule has 0 aliphatic carbocycles. The minimum absolute atomic E-state index is 0.122. The molecule has 0 aromatic heterocycles. The largest absolute Gasteiger partial charge is 0.494 e. The van der Waals surface area contributed by atoms with Crippen LogP contribution in [0.2, 0.25) is 0 Å². The molecule has 1 N–H and O–H groups in total. The van der Waals surface area contributed by atoms with Crippen molar-refractivity contribution >= 4 is 11.9 Å². The van der Waals surface area contributed by atoms with Crippen molar-refractivity contribution in [1.82, 2.24) is 4.90 Å². The number of ether oxygens (including phenoxy) is 1. The molecule has 0 spiro atoms. The molecule has 1 aromatic carbocycles. The zero-order valence-electron chi connectivity index (χ0n) is 12.2. The molecule has 114 valence electrons. The van der Waals surface area contributed by atoms with Crippen LogP contribution in [0.3, 0.4) is 0 Å². The smallest absolute Gasteiger partial charge is 0.308 e. The number of nitrogens with zero attached hydrogens (tertiary/aromatic N) is 1. The van der Waals surface area contributed by atoms with Crippen LogP contribution in [0.25, 0.3) is 0 Å². The lowest BCUT2D eigenvalue weighted by molar-refractivity contribution is -0.143. The van der Waals surface area contributed by atoms with E-state index in [4.69, 9.17) is 9.84 Å². The Morgan fingerprint density at radius 3 is 2.95 bits per heavy atom. The molecule has 1 saturated heterocycles. The van der Waals surface area contributed by atoms with Gasteiger partial charge in [0.2, 0.25) is 0 Å². The van der Waals surface area contributed by atoms with E-state index in [1.807, 2.05) is 13.0 Å². The number of amides is 1. The number of carboxylic acid groups (broad SMARTS) is 1. The fourth-order valence-corrected chi connectivity index (χ4v) is 2.48. The normalized spacial score (nSPS) is 18.3. The van der Waals surface area contributed by atoms with E-state index in [9.17, 15) is 9.59 Å². The van der Waals surface area contributed by atoms with Crippen LogP contribution >= 0.6 is 0 Å². The van der Waals surface area contributed by atoms with E-state index in [0.717, 1.165) is 12.8 Å². The third-order valence-electron chi connectivity index (χ3n) is 3.61. The summed E-state index contributed by atoms with van der Waals surface area (Å²) in [5.74, 6) is -0.729. The Morgan fingerprint density at radius 2 is 2.24 bits per heavy atom. The molecule has 1 unspecified atom stereocenters. The van der Waals surface area contributed by atoms with Crippen LogP contribution in [0, 0.1) is 5.92 Å². The third-order valence-corrected chi connectivity index (χ3v) is 3.61. The summed E-state index contributed by atoms with van der Waals surface area (Å²) < 4.78 is 5.53. The molecule has 1 fully saturated rings. The Morgan fingerprint density at radius 1 is 1.43 bits per heavy atom. The number of carbonyl (C=O) groups is 2. The summed E-state index contributed by atoms with van der Waals surface area (Å²) in [6.07, 6.45) is 2.28. The van der Waals surface area contributed by atoms with E-state index in [-0.39, 0.29) is 12.5 Å². The number of aliphatic carboxylic acids is 1. The number of carboxylic acids is 1. The van der Waals surface area contributed by atoms with Gasteiger partial charge in [-0.3, -0.25) is 9.59 Å². The van der Waals surface area contributed by atoms with Gasteiger partial charge in [-0.1, -0.05) is 13.0 Å². The number of carbonyl (C=O) groups excluding carboxylic acids is 1. The fourth-order valence-electron chi connectivity index (χ4n) is 2.48. The summed E-state index contributed by atoms with van der Waals surface area (Å²) in [5, 5.41) is 9.09. The zero-order valence-corrected chi connectivity index (χ0v) is 12.2. The van der Waals surface area contributed by atoms with Crippen molar-refractivity contribution in [2.24, 2.45) is 5.92 Å². The Kier molecular flexibility index (Phi) is 5.20. The highest BCUT2D eigenvalue weighted by molar-refractivity contribution is 5.95. The second-order valence-corrected chi connectivity index (χ2v) is 5.30. The van der Waals surface area contributed by atoms with Crippen LogP contribution in [0.1, 0.15) is 36.5 Å². The third kappa shape index (κ3) is 3.97. The van der Waals surface area contributed by atoms with Crippen molar-refractivity contribution in [3.63, 3.8) is 0 Å². The number of piperidine rings is 1. The minimum atomic E-state index is -0.826. The summed E-state index contributed by atoms with van der Waals surface area (Å²) in [4.78, 5) is 25.2. The quantitative estimate of drug-likeness (QED) is 0.904. The van der Waals surface area contributed by atoms with E-state index in [1.165, 1.54) is 0 Å². The number of benzene rings is 1. The van der Waals surface area contributed by atoms with Crippen molar-refractivity contribution in [3.05, 3.63) is 29.8 Å². The summed E-state index contributed by atoms with van der Waals surface area (Å²) >= 11 is 0. The van der Waals surface area contributed by atoms with Gasteiger partial charge in [0.1, 0.15) is 5.75 Å². The Balaban J connectivity index is 2.06. The maximum atomic E-state index is 12.5. The van der Waals surface area contributed by atoms with Crippen LogP contribution in [-0.2, 0) is 4.79 Å². The molecule has 5 heteroatoms. The van der Waals surface area contributed by atoms with E-state index < -0.39 is 11.9 Å². The molecule has 1 aliphatic heterocycles. The Labute approximate surface area is 124 Å². The van der Waals surface area contributed by atoms with Gasteiger partial charge in [0, 0.05) is 18.7 Å². The molecule has 5 nitrogen and oxygen atoms in total. The molecular weight excluding hydrogens is 270 g/mol. The number of rotatable bonds is 5. The van der Waals surface area contributed by atoms with Gasteiger partial charge in [0.15, 0.2) is 0 Å². The van der Waals surface area contributed by atoms with Gasteiger partial charge < -0.3 is 14.7 Å². The van der Waals surface area contributed by atoms with E-state index in [2.05, 4.69) is 0 Å². The van der Waals surface area contributed by atoms with Gasteiger partial charge in [-0.15, -0.1) is 0 Å². The van der Waals surface area contributed by atoms with Crippen molar-refractivity contribution in [2.45, 2.75) is 26.2 Å². The molecule has 21 heavy (non-hydrogen) atoms. The van der Waals surface area contributed by atoms with Crippen LogP contribution < -0.4 is 4.74 Å². The minimum Gasteiger partial charge on any atom is -0.494 e. The van der Waals surface area contributed by atoms with Crippen molar-refractivity contribution in [1.29, 1.82) is 0 Å². The average molecular weight is 291 g/mol. The molecular formula is C16H21NO4. The predicted octanol–water partition coefficient (Wildman–Crippen LogP) is 2.41. The first-order valence-corrected chi connectivity index (χ1v) is 7.36. The second kappa shape index (κ2) is 7.11. The highest BCUT2D eigenvalue weighted by Crippen LogP contribution is 2.21. The first kappa shape index (κ1) is 15.4. The topological polar surface area (TPSA) is 66.8 Å². The standard InChI is InChI=1S/C16H21NO4/c1-2-9-21-14-7-3-5-12(10-14)15(18)17-8-4-6-13(11-17)16(19)20/h3,5,7,10,13H,2,4,6,8-9,11H2,1H3,(H,19,20). The second-order valence-electron chi connectivity index (χ2n) is 5.30. The highest BCUT2D eigenvalue weighted by Gasteiger charge is 2.28. The fraction of sp³-hybridized carbons (Fsp3) is 0.500. The molecule has 2 rings (SSSR count). The molecule has 1 heterocycles. The van der Waals surface area contributed by atoms with Crippen molar-refractivity contribution < 1.29 is 19.4 Å². The first-order valence-electron chi connectivity index (χ1n) is 7.36. The molecule has 0 saturated carbocycles. The Hall–Kier alpha value is -2.04. The number of hydrogen-bond acceptors (Lipinski definition) is 3. The zero-order chi connectivity index (χ0) is 15.2. The van der Waals surface area contributed by atoms with Crippen LogP contribution in [-0.4, -0.2) is 41.6 Å². The van der Waals surface area contributed by atoms with E-state index >= 15 is 0 Å². The summed E-state index contributed by atoms with van der Waals surface area (Å²) in [6, 6.07) is 7.08. The van der Waals surface area contributed by atoms with Crippen molar-refractivity contribution in [3.8, 4) is 5.75 Å². The SMILES string of the molecule is CCCOc1cccc(C(=O)N2CCCC(C(=O)O)C2)c1. The van der Waals surface area contributed by atoms with E-state index in [1.54, 1.807) is 23.1 Å².